The molecule has 4 aromatic heterocycles. The molecule has 5 heterocycles. The van der Waals surface area contributed by atoms with Crippen molar-refractivity contribution in [1.82, 2.24) is 30.2 Å². The Morgan fingerprint density at radius 1 is 1.00 bits per heavy atom. The molecular formula is C28H31FN8. The maximum Gasteiger partial charge on any atom is 0.162 e. The number of aromatic nitrogens is 5. The minimum atomic E-state index is -0.386. The van der Waals surface area contributed by atoms with Gasteiger partial charge in [-0.3, -0.25) is 4.98 Å². The molecule has 1 atom stereocenters. The van der Waals surface area contributed by atoms with Gasteiger partial charge in [0.25, 0.3) is 0 Å². The van der Waals surface area contributed by atoms with Crippen LogP contribution in [0.25, 0.3) is 22.3 Å². The first-order chi connectivity index (χ1) is 18.0. The Kier molecular flexibility index (Phi) is 6.16. The van der Waals surface area contributed by atoms with Crippen LogP contribution >= 0.6 is 0 Å². The van der Waals surface area contributed by atoms with E-state index < -0.39 is 0 Å². The number of halogens is 1. The molecule has 0 spiro atoms. The Bertz CT molecular complexity index is 1420. The van der Waals surface area contributed by atoms with Crippen molar-refractivity contribution in [3.8, 4) is 11.4 Å². The van der Waals surface area contributed by atoms with E-state index in [9.17, 15) is 4.39 Å². The van der Waals surface area contributed by atoms with Gasteiger partial charge in [-0.2, -0.15) is 0 Å². The molecular weight excluding hydrogens is 467 g/mol. The maximum atomic E-state index is 13.3. The van der Waals surface area contributed by atoms with Gasteiger partial charge in [0.2, 0.25) is 0 Å². The Hall–Kier alpha value is -3.72. The zero-order valence-electron chi connectivity index (χ0n) is 21.1. The highest BCUT2D eigenvalue weighted by Crippen LogP contribution is 2.42. The maximum absolute atomic E-state index is 13.3. The second-order valence-corrected chi connectivity index (χ2v) is 10.7. The summed E-state index contributed by atoms with van der Waals surface area (Å²) in [4.78, 5) is 23.1. The molecule has 1 saturated carbocycles. The minimum absolute atomic E-state index is 0.0786. The van der Waals surface area contributed by atoms with Gasteiger partial charge in [0, 0.05) is 35.9 Å². The molecule has 3 N–H and O–H groups in total. The molecule has 4 aromatic rings. The van der Waals surface area contributed by atoms with E-state index in [4.69, 9.17) is 9.97 Å². The number of fused-ring (bicyclic) bond motifs is 1. The summed E-state index contributed by atoms with van der Waals surface area (Å²) in [6.45, 7) is 6.51. The van der Waals surface area contributed by atoms with Crippen molar-refractivity contribution in [3.05, 3.63) is 60.4 Å². The highest BCUT2D eigenvalue weighted by Gasteiger charge is 2.33. The molecule has 0 bridgehead atoms. The standard InChI is InChI=1S/C28H31FN8/c1-28(2)16-30-10-9-22(28)35-27-25-20(17-4-3-5-17)14-31-15-21(25)34-26(37-27)18-8-11-32-24(12-18)36-23-7-6-19(29)13-33-23/h6-8,11-15,17,22,30H,3-5,9-10,16H2,1-2H3,(H,32,33,36)(H,34,35,37). The third kappa shape index (κ3) is 4.83. The third-order valence-corrected chi connectivity index (χ3v) is 7.63. The van der Waals surface area contributed by atoms with E-state index in [0.29, 0.717) is 23.4 Å². The molecule has 2 fully saturated rings. The van der Waals surface area contributed by atoms with E-state index in [1.807, 2.05) is 24.5 Å². The smallest absolute Gasteiger partial charge is 0.162 e. The van der Waals surface area contributed by atoms with Crippen LogP contribution in [0.1, 0.15) is 51.0 Å². The highest BCUT2D eigenvalue weighted by atomic mass is 19.1. The lowest BCUT2D eigenvalue weighted by molar-refractivity contribution is 0.236. The predicted molar refractivity (Wildman–Crippen MR) is 143 cm³/mol. The second kappa shape index (κ2) is 9.63. The Labute approximate surface area is 215 Å². The van der Waals surface area contributed by atoms with Crippen LogP contribution in [0.2, 0.25) is 0 Å². The largest absolute Gasteiger partial charge is 0.366 e. The molecule has 1 saturated heterocycles. The summed E-state index contributed by atoms with van der Waals surface area (Å²) in [6, 6.07) is 6.99. The molecule has 1 unspecified atom stereocenters. The van der Waals surface area contributed by atoms with Crippen molar-refractivity contribution >= 4 is 28.4 Å². The van der Waals surface area contributed by atoms with E-state index >= 15 is 0 Å². The summed E-state index contributed by atoms with van der Waals surface area (Å²) in [5.41, 5.74) is 2.98. The third-order valence-electron chi connectivity index (χ3n) is 7.63. The van der Waals surface area contributed by atoms with Crippen LogP contribution in [-0.2, 0) is 0 Å². The fraction of sp³-hybridized carbons (Fsp3) is 0.393. The fourth-order valence-corrected chi connectivity index (χ4v) is 5.19. The number of piperidine rings is 1. The van der Waals surface area contributed by atoms with Crippen molar-refractivity contribution < 1.29 is 4.39 Å². The summed E-state index contributed by atoms with van der Waals surface area (Å²) >= 11 is 0. The molecule has 0 amide bonds. The van der Waals surface area contributed by atoms with E-state index in [0.717, 1.165) is 41.8 Å². The van der Waals surface area contributed by atoms with E-state index in [1.165, 1.54) is 37.1 Å². The van der Waals surface area contributed by atoms with Gasteiger partial charge in [-0.15, -0.1) is 0 Å². The van der Waals surface area contributed by atoms with Gasteiger partial charge < -0.3 is 16.0 Å². The molecule has 1 aliphatic heterocycles. The van der Waals surface area contributed by atoms with Gasteiger partial charge >= 0.3 is 0 Å². The predicted octanol–water partition coefficient (Wildman–Crippen LogP) is 5.43. The van der Waals surface area contributed by atoms with Crippen LogP contribution < -0.4 is 16.0 Å². The van der Waals surface area contributed by atoms with Crippen LogP contribution in [0.5, 0.6) is 0 Å². The molecule has 8 nitrogen and oxygen atoms in total. The molecule has 37 heavy (non-hydrogen) atoms. The van der Waals surface area contributed by atoms with Crippen molar-refractivity contribution in [2.24, 2.45) is 5.41 Å². The average Bonchev–Trinajstić information content (AvgIpc) is 2.86. The summed E-state index contributed by atoms with van der Waals surface area (Å²) in [6.07, 6.45) is 11.3. The molecule has 2 aliphatic rings. The summed E-state index contributed by atoms with van der Waals surface area (Å²) in [5.74, 6) is 2.68. The van der Waals surface area contributed by atoms with Crippen LogP contribution in [0.15, 0.2) is 49.1 Å². The Morgan fingerprint density at radius 3 is 2.65 bits per heavy atom. The van der Waals surface area contributed by atoms with E-state index in [2.05, 4.69) is 44.7 Å². The van der Waals surface area contributed by atoms with Gasteiger partial charge in [-0.05, 0) is 67.0 Å². The van der Waals surface area contributed by atoms with Gasteiger partial charge in [-0.25, -0.2) is 24.3 Å². The van der Waals surface area contributed by atoms with Crippen LogP contribution in [0, 0.1) is 11.2 Å². The highest BCUT2D eigenvalue weighted by molar-refractivity contribution is 5.93. The lowest BCUT2D eigenvalue weighted by Gasteiger charge is -2.40. The molecule has 0 radical (unpaired) electrons. The lowest BCUT2D eigenvalue weighted by Crippen LogP contribution is -2.49. The van der Waals surface area contributed by atoms with Gasteiger partial charge in [0.15, 0.2) is 5.82 Å². The number of pyridine rings is 3. The first kappa shape index (κ1) is 23.7. The van der Waals surface area contributed by atoms with Gasteiger partial charge in [0.1, 0.15) is 23.3 Å². The molecule has 0 aromatic carbocycles. The number of nitrogens with zero attached hydrogens (tertiary/aromatic N) is 5. The monoisotopic (exact) mass is 498 g/mol. The number of nitrogens with one attached hydrogen (secondary N) is 3. The number of hydrogen-bond acceptors (Lipinski definition) is 8. The van der Waals surface area contributed by atoms with Crippen molar-refractivity contribution in [2.45, 2.75) is 51.5 Å². The lowest BCUT2D eigenvalue weighted by atomic mass is 9.78. The van der Waals surface area contributed by atoms with Crippen LogP contribution in [0.4, 0.5) is 21.8 Å². The number of anilines is 3. The van der Waals surface area contributed by atoms with Crippen molar-refractivity contribution in [2.75, 3.05) is 23.7 Å². The minimum Gasteiger partial charge on any atom is -0.366 e. The Balaban J connectivity index is 1.41. The van der Waals surface area contributed by atoms with Crippen LogP contribution in [-0.4, -0.2) is 44.1 Å². The van der Waals surface area contributed by atoms with Crippen molar-refractivity contribution in [3.63, 3.8) is 0 Å². The number of rotatable bonds is 6. The molecule has 1 aliphatic carbocycles. The molecule has 9 heteroatoms. The topological polar surface area (TPSA) is 101 Å². The second-order valence-electron chi connectivity index (χ2n) is 10.7. The first-order valence-corrected chi connectivity index (χ1v) is 12.9. The first-order valence-electron chi connectivity index (χ1n) is 12.9. The van der Waals surface area contributed by atoms with E-state index in [-0.39, 0.29) is 17.3 Å². The van der Waals surface area contributed by atoms with E-state index in [1.54, 1.807) is 12.3 Å². The number of hydrogen-bond donors (Lipinski definition) is 3. The van der Waals surface area contributed by atoms with Gasteiger partial charge in [-0.1, -0.05) is 20.3 Å². The quantitative estimate of drug-likeness (QED) is 0.323. The summed E-state index contributed by atoms with van der Waals surface area (Å²) in [5, 5.41) is 11.6. The average molecular weight is 499 g/mol. The normalized spacial score (nSPS) is 19.4. The molecule has 190 valence electrons. The fourth-order valence-electron chi connectivity index (χ4n) is 5.19. The van der Waals surface area contributed by atoms with Crippen LogP contribution in [0.3, 0.4) is 0 Å². The summed E-state index contributed by atoms with van der Waals surface area (Å²) < 4.78 is 13.3. The zero-order chi connectivity index (χ0) is 25.4. The SMILES string of the molecule is CC1(C)CNCCC1Nc1nc(-c2ccnc(Nc3ccc(F)cn3)c2)nc2cncc(C3CCC3)c12. The zero-order valence-corrected chi connectivity index (χ0v) is 21.1. The molecule has 6 rings (SSSR count). The van der Waals surface area contributed by atoms with Gasteiger partial charge in [0.05, 0.1) is 17.9 Å². The Morgan fingerprint density at radius 2 is 1.89 bits per heavy atom. The summed E-state index contributed by atoms with van der Waals surface area (Å²) in [7, 11) is 0. The van der Waals surface area contributed by atoms with Crippen molar-refractivity contribution in [1.29, 1.82) is 0 Å².